The molecule has 2 heterocycles. The van der Waals surface area contributed by atoms with Gasteiger partial charge in [0.05, 0.1) is 16.6 Å². The van der Waals surface area contributed by atoms with E-state index in [4.69, 9.17) is 10.5 Å². The van der Waals surface area contributed by atoms with E-state index in [1.807, 2.05) is 0 Å². The first-order valence-corrected chi connectivity index (χ1v) is 12.9. The molecule has 1 saturated carbocycles. The summed E-state index contributed by atoms with van der Waals surface area (Å²) >= 11 is 0. The lowest BCUT2D eigenvalue weighted by Gasteiger charge is -2.29. The molecule has 1 amide bonds. The van der Waals surface area contributed by atoms with Gasteiger partial charge in [-0.1, -0.05) is 36.4 Å². The van der Waals surface area contributed by atoms with Gasteiger partial charge in [0.2, 0.25) is 5.95 Å². The van der Waals surface area contributed by atoms with Gasteiger partial charge in [0.1, 0.15) is 11.8 Å². The lowest BCUT2D eigenvalue weighted by molar-refractivity contribution is 0.0796. The predicted octanol–water partition coefficient (Wildman–Crippen LogP) is 4.29. The van der Waals surface area contributed by atoms with Crippen molar-refractivity contribution in [3.05, 3.63) is 72.8 Å². The van der Waals surface area contributed by atoms with Crippen molar-refractivity contribution in [2.75, 3.05) is 5.32 Å². The van der Waals surface area contributed by atoms with Crippen LogP contribution in [0.3, 0.4) is 0 Å². The molecular formula is C25H24FN5O4S. The van der Waals surface area contributed by atoms with Crippen LogP contribution >= 0.6 is 0 Å². The Hall–Kier alpha value is -3.99. The highest BCUT2D eigenvalue weighted by atomic mass is 32.2. The first-order chi connectivity index (χ1) is 17.3. The number of carbonyl (C=O) groups excluding carboxylic acids is 1. The number of anilines is 1. The summed E-state index contributed by atoms with van der Waals surface area (Å²) in [4.78, 5) is 19.7. The molecule has 0 saturated heterocycles. The highest BCUT2D eigenvalue weighted by molar-refractivity contribution is 7.90. The fourth-order valence-electron chi connectivity index (χ4n) is 4.60. The van der Waals surface area contributed by atoms with Gasteiger partial charge in [0.25, 0.3) is 10.0 Å². The van der Waals surface area contributed by atoms with Gasteiger partial charge >= 0.3 is 6.09 Å². The van der Waals surface area contributed by atoms with E-state index in [1.54, 1.807) is 42.5 Å². The van der Waals surface area contributed by atoms with Gasteiger partial charge in [-0.15, -0.1) is 0 Å². The number of hydrogen-bond acceptors (Lipinski definition) is 7. The quantitative estimate of drug-likeness (QED) is 0.397. The van der Waals surface area contributed by atoms with Crippen LogP contribution < -0.4 is 11.1 Å². The van der Waals surface area contributed by atoms with Gasteiger partial charge in [-0.2, -0.15) is 0 Å². The zero-order chi connectivity index (χ0) is 25.3. The summed E-state index contributed by atoms with van der Waals surface area (Å²) in [6.45, 7) is 0. The third-order valence-electron chi connectivity index (χ3n) is 6.22. The number of nitrogens with zero attached hydrogens (tertiary/aromatic N) is 3. The van der Waals surface area contributed by atoms with Crippen molar-refractivity contribution in [1.82, 2.24) is 13.9 Å². The Morgan fingerprint density at radius 2 is 1.86 bits per heavy atom. The molecule has 1 aliphatic rings. The molecule has 5 rings (SSSR count). The Bertz CT molecular complexity index is 1520. The highest BCUT2D eigenvalue weighted by Gasteiger charge is 2.26. The van der Waals surface area contributed by atoms with E-state index in [2.05, 4.69) is 15.3 Å². The summed E-state index contributed by atoms with van der Waals surface area (Å²) in [5.41, 5.74) is 5.85. The highest BCUT2D eigenvalue weighted by Crippen LogP contribution is 2.34. The molecule has 2 aromatic heterocycles. The smallest absolute Gasteiger partial charge is 0.404 e. The number of para-hydroxylation sites is 1. The number of primary amides is 1. The van der Waals surface area contributed by atoms with Crippen LogP contribution in [0.1, 0.15) is 25.7 Å². The van der Waals surface area contributed by atoms with Gasteiger partial charge in [-0.25, -0.2) is 31.5 Å². The molecule has 11 heteroatoms. The minimum atomic E-state index is -3.93. The Morgan fingerprint density at radius 1 is 1.11 bits per heavy atom. The van der Waals surface area contributed by atoms with E-state index in [0.29, 0.717) is 29.3 Å². The van der Waals surface area contributed by atoms with E-state index in [-0.39, 0.29) is 28.7 Å². The first kappa shape index (κ1) is 23.7. The standard InChI is InChI=1S/C25H24FN5O4S/c26-21-14-28-25(29-16-7-6-8-17(13-16)35-24(27)32)30-23(21)20-15-31(22-12-5-4-11-19(20)22)36(33,34)18-9-2-1-3-10-18/h1-5,9-12,14-17H,6-8,13H2,(H2,27,32)(H,28,29,30). The average molecular weight is 510 g/mol. The number of hydrogen-bond donors (Lipinski definition) is 2. The second kappa shape index (κ2) is 9.57. The van der Waals surface area contributed by atoms with Gasteiger partial charge < -0.3 is 15.8 Å². The molecule has 2 unspecified atom stereocenters. The molecule has 0 bridgehead atoms. The molecule has 0 aliphatic heterocycles. The van der Waals surface area contributed by atoms with Crippen molar-refractivity contribution < 1.29 is 22.3 Å². The Kier molecular flexibility index (Phi) is 6.31. The number of nitrogens with two attached hydrogens (primary N) is 1. The molecule has 2 aromatic carbocycles. The van der Waals surface area contributed by atoms with Crippen molar-refractivity contribution in [1.29, 1.82) is 0 Å². The van der Waals surface area contributed by atoms with Crippen molar-refractivity contribution in [3.8, 4) is 11.3 Å². The van der Waals surface area contributed by atoms with Crippen molar-refractivity contribution in [3.63, 3.8) is 0 Å². The molecule has 4 aromatic rings. The van der Waals surface area contributed by atoms with Gasteiger partial charge in [-0.3, -0.25) is 0 Å². The summed E-state index contributed by atoms with van der Waals surface area (Å²) in [7, 11) is -3.93. The summed E-state index contributed by atoms with van der Waals surface area (Å²) in [5, 5.41) is 3.72. The largest absolute Gasteiger partial charge is 0.446 e. The molecule has 0 spiro atoms. The minimum Gasteiger partial charge on any atom is -0.446 e. The number of halogens is 1. The second-order valence-corrected chi connectivity index (χ2v) is 10.4. The summed E-state index contributed by atoms with van der Waals surface area (Å²) in [6, 6.07) is 14.8. The van der Waals surface area contributed by atoms with Gasteiger partial charge in [0, 0.05) is 29.6 Å². The first-order valence-electron chi connectivity index (χ1n) is 11.5. The van der Waals surface area contributed by atoms with Crippen molar-refractivity contribution in [2.24, 2.45) is 5.73 Å². The normalized spacial score (nSPS) is 18.1. The van der Waals surface area contributed by atoms with E-state index >= 15 is 4.39 Å². The van der Waals surface area contributed by atoms with Crippen LogP contribution in [0.4, 0.5) is 15.1 Å². The molecule has 186 valence electrons. The average Bonchev–Trinajstić information content (AvgIpc) is 3.26. The van der Waals surface area contributed by atoms with Crippen molar-refractivity contribution >= 4 is 33.0 Å². The number of aromatic nitrogens is 3. The topological polar surface area (TPSA) is 129 Å². The zero-order valence-corrected chi connectivity index (χ0v) is 20.0. The maximum Gasteiger partial charge on any atom is 0.404 e. The predicted molar refractivity (Wildman–Crippen MR) is 132 cm³/mol. The number of ether oxygens (including phenoxy) is 1. The van der Waals surface area contributed by atoms with E-state index in [9.17, 15) is 13.2 Å². The molecule has 2 atom stereocenters. The SMILES string of the molecule is NC(=O)OC1CCCC(Nc2ncc(F)c(-c3cn(S(=O)(=O)c4ccccc4)c4ccccc34)n2)C1. The molecular weight excluding hydrogens is 485 g/mol. The van der Waals surface area contributed by atoms with Gasteiger partial charge in [0.15, 0.2) is 5.82 Å². The van der Waals surface area contributed by atoms with Crippen LogP contribution in [0.15, 0.2) is 71.9 Å². The molecule has 3 N–H and O–H groups in total. The maximum absolute atomic E-state index is 15.0. The summed E-state index contributed by atoms with van der Waals surface area (Å²) < 4.78 is 48.1. The van der Waals surface area contributed by atoms with Crippen LogP contribution in [0, 0.1) is 5.82 Å². The van der Waals surface area contributed by atoms with Crippen molar-refractivity contribution in [2.45, 2.75) is 42.7 Å². The third-order valence-corrected chi connectivity index (χ3v) is 7.91. The zero-order valence-electron chi connectivity index (χ0n) is 19.2. The lowest BCUT2D eigenvalue weighted by atomic mass is 9.93. The molecule has 9 nitrogen and oxygen atoms in total. The molecule has 0 radical (unpaired) electrons. The number of nitrogens with one attached hydrogen (secondary N) is 1. The van der Waals surface area contributed by atoms with Crippen LogP contribution in [-0.2, 0) is 14.8 Å². The van der Waals surface area contributed by atoms with Gasteiger partial charge in [-0.05, 0) is 37.5 Å². The van der Waals surface area contributed by atoms with Crippen LogP contribution in [0.25, 0.3) is 22.2 Å². The fourth-order valence-corrected chi connectivity index (χ4v) is 5.99. The van der Waals surface area contributed by atoms with Crippen LogP contribution in [0.2, 0.25) is 0 Å². The van der Waals surface area contributed by atoms with E-state index < -0.39 is 21.9 Å². The molecule has 1 aliphatic carbocycles. The summed E-state index contributed by atoms with van der Waals surface area (Å²) in [5.74, 6) is -0.488. The number of benzene rings is 2. The third kappa shape index (κ3) is 4.61. The van der Waals surface area contributed by atoms with E-state index in [1.165, 1.54) is 18.3 Å². The minimum absolute atomic E-state index is 0.0218. The Balaban J connectivity index is 1.52. The lowest BCUT2D eigenvalue weighted by Crippen LogP contribution is -2.34. The van der Waals surface area contributed by atoms with Crippen LogP contribution in [0.5, 0.6) is 0 Å². The number of rotatable bonds is 6. The summed E-state index contributed by atoms with van der Waals surface area (Å²) in [6.07, 6.45) is 4.16. The van der Waals surface area contributed by atoms with E-state index in [0.717, 1.165) is 23.0 Å². The molecule has 36 heavy (non-hydrogen) atoms. The number of fused-ring (bicyclic) bond motifs is 1. The number of amides is 1. The molecule has 1 fully saturated rings. The Labute approximate surface area is 207 Å². The monoisotopic (exact) mass is 509 g/mol. The number of carbonyl (C=O) groups is 1. The Morgan fingerprint density at radius 3 is 2.64 bits per heavy atom. The fraction of sp³-hybridized carbons (Fsp3) is 0.240. The second-order valence-electron chi connectivity index (χ2n) is 8.63. The maximum atomic E-state index is 15.0. The van der Waals surface area contributed by atoms with Crippen LogP contribution in [-0.4, -0.2) is 40.6 Å².